The summed E-state index contributed by atoms with van der Waals surface area (Å²) in [5.74, 6) is 1.08. The Balaban J connectivity index is 1.57. The number of hydrogen-bond acceptors (Lipinski definition) is 6. The first-order valence-corrected chi connectivity index (χ1v) is 15.0. The number of halogens is 2. The molecule has 0 bridgehead atoms. The maximum atomic E-state index is 13.5. The monoisotopic (exact) mass is 558 g/mol. The van der Waals surface area contributed by atoms with Gasteiger partial charge < -0.3 is 0 Å². The summed E-state index contributed by atoms with van der Waals surface area (Å²) in [5, 5.41) is 12.0. The third-order valence-corrected chi connectivity index (χ3v) is 9.78. The van der Waals surface area contributed by atoms with Crippen LogP contribution in [0.1, 0.15) is 38.5 Å². The molecule has 0 N–H and O–H groups in total. The van der Waals surface area contributed by atoms with Crippen molar-refractivity contribution >= 4 is 51.7 Å². The summed E-state index contributed by atoms with van der Waals surface area (Å²) < 4.78 is 27.0. The SMILES string of the molecule is O=[N+]([O-])c1ccc(N=C(CC(Sc2ccc(F)cc2)Sc2ccc(F)cc2)SCC2CCCCC2)cc1. The molecule has 1 aliphatic rings. The lowest BCUT2D eigenvalue weighted by atomic mass is 9.91. The molecule has 0 unspecified atom stereocenters. The Hall–Kier alpha value is -2.36. The van der Waals surface area contributed by atoms with E-state index in [0.717, 1.165) is 20.6 Å². The number of rotatable bonds is 10. The van der Waals surface area contributed by atoms with Crippen molar-refractivity contribution in [2.24, 2.45) is 10.9 Å². The minimum atomic E-state index is -0.416. The summed E-state index contributed by atoms with van der Waals surface area (Å²) >= 11 is 5.00. The van der Waals surface area contributed by atoms with E-state index in [9.17, 15) is 18.9 Å². The molecule has 1 saturated carbocycles. The number of non-ortho nitro benzene ring substituents is 1. The fraction of sp³-hybridized carbons (Fsp3) is 0.321. The van der Waals surface area contributed by atoms with Gasteiger partial charge in [0.1, 0.15) is 11.6 Å². The normalized spacial score (nSPS) is 14.7. The van der Waals surface area contributed by atoms with Crippen LogP contribution in [0.15, 0.2) is 87.6 Å². The topological polar surface area (TPSA) is 55.5 Å². The first kappa shape index (κ1) is 27.7. The van der Waals surface area contributed by atoms with E-state index in [1.165, 1.54) is 68.5 Å². The van der Waals surface area contributed by atoms with Crippen molar-refractivity contribution in [1.29, 1.82) is 0 Å². The second-order valence-electron chi connectivity index (χ2n) is 8.87. The van der Waals surface area contributed by atoms with Crippen LogP contribution in [0.3, 0.4) is 0 Å². The minimum Gasteiger partial charge on any atom is -0.258 e. The van der Waals surface area contributed by atoms with Crippen molar-refractivity contribution in [2.75, 3.05) is 5.75 Å². The third-order valence-electron chi connectivity index (χ3n) is 6.03. The van der Waals surface area contributed by atoms with E-state index < -0.39 is 4.92 Å². The number of nitrogens with zero attached hydrogens (tertiary/aromatic N) is 2. The van der Waals surface area contributed by atoms with Crippen molar-refractivity contribution < 1.29 is 13.7 Å². The molecule has 0 aromatic heterocycles. The Kier molecular flexibility index (Phi) is 10.5. The van der Waals surface area contributed by atoms with Gasteiger partial charge in [0.05, 0.1) is 20.2 Å². The molecular weight excluding hydrogens is 531 g/mol. The Morgan fingerprint density at radius 2 is 1.41 bits per heavy atom. The average molecular weight is 559 g/mol. The van der Waals surface area contributed by atoms with Gasteiger partial charge in [-0.3, -0.25) is 10.1 Å². The predicted molar refractivity (Wildman–Crippen MR) is 152 cm³/mol. The van der Waals surface area contributed by atoms with Gasteiger partial charge in [0, 0.05) is 34.1 Å². The molecule has 1 fully saturated rings. The maximum absolute atomic E-state index is 13.5. The van der Waals surface area contributed by atoms with Gasteiger partial charge in [0.2, 0.25) is 0 Å². The van der Waals surface area contributed by atoms with E-state index in [1.54, 1.807) is 71.7 Å². The Labute approximate surface area is 228 Å². The van der Waals surface area contributed by atoms with Crippen LogP contribution >= 0.6 is 35.3 Å². The molecule has 194 valence electrons. The Morgan fingerprint density at radius 3 is 1.92 bits per heavy atom. The lowest BCUT2D eigenvalue weighted by Gasteiger charge is -2.22. The van der Waals surface area contributed by atoms with Crippen LogP contribution in [0.4, 0.5) is 20.2 Å². The van der Waals surface area contributed by atoms with Crippen LogP contribution in [-0.4, -0.2) is 20.3 Å². The highest BCUT2D eigenvalue weighted by atomic mass is 32.2. The first-order valence-electron chi connectivity index (χ1n) is 12.2. The number of hydrogen-bond donors (Lipinski definition) is 0. The molecule has 4 nitrogen and oxygen atoms in total. The van der Waals surface area contributed by atoms with Gasteiger partial charge in [0.25, 0.3) is 5.69 Å². The molecule has 4 rings (SSSR count). The molecule has 1 aliphatic carbocycles. The number of nitro groups is 1. The van der Waals surface area contributed by atoms with Crippen molar-refractivity contribution in [3.8, 4) is 0 Å². The predicted octanol–water partition coefficient (Wildman–Crippen LogP) is 9.52. The van der Waals surface area contributed by atoms with E-state index >= 15 is 0 Å². The van der Waals surface area contributed by atoms with E-state index in [2.05, 4.69) is 0 Å². The zero-order valence-electron chi connectivity index (χ0n) is 20.2. The molecule has 0 radical (unpaired) electrons. The standard InChI is InChI=1S/C28H28F2N2O2S3/c29-21-6-14-25(15-7-21)36-28(37-26-16-8-22(30)9-17-26)18-27(35-19-20-4-2-1-3-5-20)31-23-10-12-24(13-11-23)32(33)34/h6-17,20,28H,1-5,18-19H2. The van der Waals surface area contributed by atoms with Gasteiger partial charge in [-0.15, -0.1) is 35.3 Å². The van der Waals surface area contributed by atoms with Gasteiger partial charge in [0.15, 0.2) is 0 Å². The molecule has 3 aromatic carbocycles. The summed E-state index contributed by atoms with van der Waals surface area (Å²) in [6.45, 7) is 0. The highest BCUT2D eigenvalue weighted by molar-refractivity contribution is 8.17. The van der Waals surface area contributed by atoms with Crippen molar-refractivity contribution in [3.63, 3.8) is 0 Å². The lowest BCUT2D eigenvalue weighted by molar-refractivity contribution is -0.384. The Bertz CT molecular complexity index is 1140. The quantitative estimate of drug-likeness (QED) is 0.0619. The first-order chi connectivity index (χ1) is 17.9. The van der Waals surface area contributed by atoms with E-state index in [0.29, 0.717) is 18.0 Å². The third kappa shape index (κ3) is 9.16. The van der Waals surface area contributed by atoms with Crippen LogP contribution in [0.2, 0.25) is 0 Å². The highest BCUT2D eigenvalue weighted by Crippen LogP contribution is 2.40. The number of thioether (sulfide) groups is 3. The van der Waals surface area contributed by atoms with Crippen LogP contribution < -0.4 is 0 Å². The van der Waals surface area contributed by atoms with Crippen LogP contribution in [0, 0.1) is 27.7 Å². The van der Waals surface area contributed by atoms with Crippen LogP contribution in [0.25, 0.3) is 0 Å². The molecule has 0 amide bonds. The van der Waals surface area contributed by atoms with Gasteiger partial charge in [-0.05, 0) is 79.4 Å². The Morgan fingerprint density at radius 1 is 0.865 bits per heavy atom. The fourth-order valence-electron chi connectivity index (χ4n) is 4.08. The summed E-state index contributed by atoms with van der Waals surface area (Å²) in [7, 11) is 0. The van der Waals surface area contributed by atoms with Crippen LogP contribution in [-0.2, 0) is 0 Å². The zero-order chi connectivity index (χ0) is 26.0. The summed E-state index contributed by atoms with van der Waals surface area (Å²) in [5.41, 5.74) is 0.709. The molecular formula is C28H28F2N2O2S3. The van der Waals surface area contributed by atoms with Crippen molar-refractivity contribution in [2.45, 2.75) is 52.9 Å². The number of nitro benzene ring substituents is 1. The fourth-order valence-corrected chi connectivity index (χ4v) is 8.04. The highest BCUT2D eigenvalue weighted by Gasteiger charge is 2.20. The zero-order valence-corrected chi connectivity index (χ0v) is 22.7. The summed E-state index contributed by atoms with van der Waals surface area (Å²) in [6, 6.07) is 19.2. The van der Waals surface area contributed by atoms with Gasteiger partial charge in [-0.25, -0.2) is 13.8 Å². The molecule has 0 heterocycles. The van der Waals surface area contributed by atoms with E-state index in [-0.39, 0.29) is 21.9 Å². The van der Waals surface area contributed by atoms with E-state index in [1.807, 2.05) is 0 Å². The molecule has 0 spiro atoms. The van der Waals surface area contributed by atoms with Gasteiger partial charge in [-0.2, -0.15) is 0 Å². The second kappa shape index (κ2) is 14.0. The van der Waals surface area contributed by atoms with E-state index in [4.69, 9.17) is 4.99 Å². The van der Waals surface area contributed by atoms with Crippen LogP contribution in [0.5, 0.6) is 0 Å². The van der Waals surface area contributed by atoms with Crippen molar-refractivity contribution in [3.05, 3.63) is 94.5 Å². The largest absolute Gasteiger partial charge is 0.269 e. The van der Waals surface area contributed by atoms with Gasteiger partial charge in [-0.1, -0.05) is 19.3 Å². The number of benzene rings is 3. The second-order valence-corrected chi connectivity index (χ2v) is 12.8. The number of aliphatic imine (C=N–C) groups is 1. The average Bonchev–Trinajstić information content (AvgIpc) is 2.91. The molecule has 0 atom stereocenters. The smallest absolute Gasteiger partial charge is 0.258 e. The van der Waals surface area contributed by atoms with Gasteiger partial charge >= 0.3 is 0 Å². The minimum absolute atomic E-state index is 0.00609. The maximum Gasteiger partial charge on any atom is 0.269 e. The summed E-state index contributed by atoms with van der Waals surface area (Å²) in [6.07, 6.45) is 6.94. The molecule has 3 aromatic rings. The van der Waals surface area contributed by atoms with Crippen molar-refractivity contribution in [1.82, 2.24) is 0 Å². The molecule has 37 heavy (non-hydrogen) atoms. The lowest BCUT2D eigenvalue weighted by Crippen LogP contribution is -2.12. The summed E-state index contributed by atoms with van der Waals surface area (Å²) in [4.78, 5) is 17.4. The molecule has 0 aliphatic heterocycles. The molecule has 0 saturated heterocycles. The molecule has 9 heteroatoms.